The van der Waals surface area contributed by atoms with Crippen LogP contribution >= 0.6 is 11.3 Å². The number of likely N-dealkylation sites (N-methyl/N-ethyl adjacent to an activating group) is 1. The Kier molecular flexibility index (Phi) is 4.36. The third kappa shape index (κ3) is 2.96. The Balaban J connectivity index is 2.09. The van der Waals surface area contributed by atoms with E-state index in [1.165, 1.54) is 9.58 Å². The summed E-state index contributed by atoms with van der Waals surface area (Å²) in [6.45, 7) is 0.946. The molecule has 3 rings (SSSR count). The van der Waals surface area contributed by atoms with E-state index in [1.807, 2.05) is 42.5 Å². The van der Waals surface area contributed by atoms with Gasteiger partial charge in [-0.15, -0.1) is 11.3 Å². The second-order valence-electron chi connectivity index (χ2n) is 5.64. The summed E-state index contributed by atoms with van der Waals surface area (Å²) in [5, 5.41) is 1.08. The van der Waals surface area contributed by atoms with Gasteiger partial charge in [0.2, 0.25) is 0 Å². The molecule has 112 valence electrons. The summed E-state index contributed by atoms with van der Waals surface area (Å²) in [5.74, 6) is 0.131. The normalized spacial score (nSPS) is 11.2. The van der Waals surface area contributed by atoms with Crippen molar-refractivity contribution < 1.29 is 4.79 Å². The zero-order valence-electron chi connectivity index (χ0n) is 12.9. The highest BCUT2D eigenvalue weighted by Gasteiger charge is 2.19. The zero-order chi connectivity index (χ0) is 15.5. The van der Waals surface area contributed by atoms with Crippen molar-refractivity contribution in [3.8, 4) is 0 Å². The van der Waals surface area contributed by atoms with Crippen LogP contribution in [-0.4, -0.2) is 31.3 Å². The van der Waals surface area contributed by atoms with Crippen LogP contribution in [0.5, 0.6) is 0 Å². The number of benzene rings is 2. The summed E-state index contributed by atoms with van der Waals surface area (Å²) in [6.07, 6.45) is 0.903. The summed E-state index contributed by atoms with van der Waals surface area (Å²) in [4.78, 5) is 16.3. The molecule has 0 atom stereocenters. The van der Waals surface area contributed by atoms with Gasteiger partial charge in [0, 0.05) is 32.6 Å². The van der Waals surface area contributed by atoms with Crippen LogP contribution in [0.25, 0.3) is 10.1 Å². The Morgan fingerprint density at radius 1 is 1.00 bits per heavy atom. The van der Waals surface area contributed by atoms with Crippen LogP contribution in [-0.2, 0) is 6.42 Å². The van der Waals surface area contributed by atoms with Crippen LogP contribution in [0, 0.1) is 0 Å². The van der Waals surface area contributed by atoms with Crippen molar-refractivity contribution in [2.45, 2.75) is 6.42 Å². The molecule has 1 aromatic heterocycles. The number of rotatable bonds is 5. The molecule has 2 aromatic carbocycles. The Hall–Kier alpha value is -1.97. The highest BCUT2D eigenvalue weighted by Crippen LogP contribution is 2.33. The maximum Gasteiger partial charge on any atom is 0.194 e. The molecule has 0 radical (unpaired) electrons. The highest BCUT2D eigenvalue weighted by molar-refractivity contribution is 7.19. The van der Waals surface area contributed by atoms with Gasteiger partial charge in [-0.1, -0.05) is 48.5 Å². The molecule has 0 unspecified atom stereocenters. The van der Waals surface area contributed by atoms with Gasteiger partial charge in [-0.25, -0.2) is 0 Å². The number of ketones is 1. The van der Waals surface area contributed by atoms with Crippen molar-refractivity contribution >= 4 is 27.2 Å². The maximum absolute atomic E-state index is 13.0. The molecule has 2 nitrogen and oxygen atoms in total. The van der Waals surface area contributed by atoms with Crippen LogP contribution < -0.4 is 0 Å². The summed E-state index contributed by atoms with van der Waals surface area (Å²) < 4.78 is 1.19. The molecule has 1 heterocycles. The van der Waals surface area contributed by atoms with Gasteiger partial charge in [-0.3, -0.25) is 4.79 Å². The third-order valence-corrected chi connectivity index (χ3v) is 4.95. The fourth-order valence-electron chi connectivity index (χ4n) is 2.58. The number of nitrogens with zero attached hydrogens (tertiary/aromatic N) is 1. The van der Waals surface area contributed by atoms with Crippen molar-refractivity contribution in [1.82, 2.24) is 4.90 Å². The van der Waals surface area contributed by atoms with Crippen LogP contribution in [0.4, 0.5) is 0 Å². The quantitative estimate of drug-likeness (QED) is 0.657. The first-order chi connectivity index (χ1) is 10.7. The monoisotopic (exact) mass is 309 g/mol. The molecule has 3 aromatic rings. The predicted molar refractivity (Wildman–Crippen MR) is 94.0 cm³/mol. The Labute approximate surface area is 135 Å². The van der Waals surface area contributed by atoms with E-state index in [9.17, 15) is 4.79 Å². The van der Waals surface area contributed by atoms with Crippen molar-refractivity contribution in [2.75, 3.05) is 20.6 Å². The first-order valence-corrected chi connectivity index (χ1v) is 8.23. The minimum absolute atomic E-state index is 0.131. The highest BCUT2D eigenvalue weighted by atomic mass is 32.1. The molecule has 0 bridgehead atoms. The van der Waals surface area contributed by atoms with E-state index in [4.69, 9.17) is 0 Å². The lowest BCUT2D eigenvalue weighted by molar-refractivity contribution is 0.104. The largest absolute Gasteiger partial charge is 0.309 e. The summed E-state index contributed by atoms with van der Waals surface area (Å²) in [5.41, 5.74) is 1.64. The Morgan fingerprint density at radius 2 is 1.68 bits per heavy atom. The Bertz CT molecular complexity index is 790. The third-order valence-electron chi connectivity index (χ3n) is 3.72. The van der Waals surface area contributed by atoms with Crippen LogP contribution in [0.3, 0.4) is 0 Å². The average Bonchev–Trinajstić information content (AvgIpc) is 2.91. The average molecular weight is 309 g/mol. The minimum Gasteiger partial charge on any atom is -0.309 e. The second-order valence-corrected chi connectivity index (χ2v) is 6.78. The first-order valence-electron chi connectivity index (χ1n) is 7.41. The minimum atomic E-state index is 0.131. The van der Waals surface area contributed by atoms with Gasteiger partial charge in [0.25, 0.3) is 0 Å². The van der Waals surface area contributed by atoms with Crippen LogP contribution in [0.2, 0.25) is 0 Å². The van der Waals surface area contributed by atoms with Gasteiger partial charge in [-0.05, 0) is 26.6 Å². The smallest absolute Gasteiger partial charge is 0.194 e. The maximum atomic E-state index is 13.0. The predicted octanol–water partition coefficient (Wildman–Crippen LogP) is 4.24. The lowest BCUT2D eigenvalue weighted by Crippen LogP contribution is -2.15. The topological polar surface area (TPSA) is 20.3 Å². The Morgan fingerprint density at radius 3 is 2.41 bits per heavy atom. The number of hydrogen-bond donors (Lipinski definition) is 0. The number of hydrogen-bond acceptors (Lipinski definition) is 3. The molecule has 3 heteroatoms. The molecule has 0 saturated carbocycles. The van der Waals surface area contributed by atoms with Gasteiger partial charge in [0.05, 0.1) is 0 Å². The van der Waals surface area contributed by atoms with Gasteiger partial charge in [0.15, 0.2) is 5.78 Å². The summed E-state index contributed by atoms with van der Waals surface area (Å²) in [7, 11) is 4.12. The van der Waals surface area contributed by atoms with Crippen molar-refractivity contribution in [3.05, 3.63) is 70.6 Å². The van der Waals surface area contributed by atoms with Crippen LogP contribution in [0.1, 0.15) is 20.8 Å². The molecule has 0 N–H and O–H groups in total. The fraction of sp³-hybridized carbons (Fsp3) is 0.211. The van der Waals surface area contributed by atoms with Gasteiger partial charge >= 0.3 is 0 Å². The first kappa shape index (κ1) is 14.9. The lowest BCUT2D eigenvalue weighted by Gasteiger charge is -2.09. The molecule has 0 amide bonds. The summed E-state index contributed by atoms with van der Waals surface area (Å²) in [6, 6.07) is 17.8. The lowest BCUT2D eigenvalue weighted by atomic mass is 9.99. The van der Waals surface area contributed by atoms with Crippen molar-refractivity contribution in [2.24, 2.45) is 0 Å². The molecular weight excluding hydrogens is 290 g/mol. The molecule has 0 aliphatic carbocycles. The molecule has 0 fully saturated rings. The second kappa shape index (κ2) is 6.42. The molecule has 0 saturated heterocycles. The van der Waals surface area contributed by atoms with Gasteiger partial charge < -0.3 is 4.90 Å². The summed E-state index contributed by atoms with van der Waals surface area (Å²) >= 11 is 1.74. The molecule has 0 spiro atoms. The number of thiophene rings is 1. The number of carbonyl (C=O) groups excluding carboxylic acids is 1. The van der Waals surface area contributed by atoms with Crippen LogP contribution in [0.15, 0.2) is 54.6 Å². The molecule has 0 aliphatic heterocycles. The van der Waals surface area contributed by atoms with Gasteiger partial charge in [0.1, 0.15) is 0 Å². The zero-order valence-corrected chi connectivity index (χ0v) is 13.7. The van der Waals surface area contributed by atoms with E-state index >= 15 is 0 Å². The molecule has 0 aliphatic rings. The SMILES string of the molecule is CN(C)CCc1sc2ccccc2c1C(=O)c1ccccc1. The van der Waals surface area contributed by atoms with E-state index in [1.54, 1.807) is 11.3 Å². The van der Waals surface area contributed by atoms with E-state index < -0.39 is 0 Å². The van der Waals surface area contributed by atoms with E-state index in [2.05, 4.69) is 31.1 Å². The van der Waals surface area contributed by atoms with E-state index in [-0.39, 0.29) is 5.78 Å². The van der Waals surface area contributed by atoms with E-state index in [0.717, 1.165) is 29.5 Å². The van der Waals surface area contributed by atoms with Crippen molar-refractivity contribution in [1.29, 1.82) is 0 Å². The fourth-order valence-corrected chi connectivity index (χ4v) is 3.77. The molecular formula is C19H19NOS. The number of fused-ring (bicyclic) bond motifs is 1. The molecule has 22 heavy (non-hydrogen) atoms. The standard InChI is InChI=1S/C19H19NOS/c1-20(2)13-12-17-18(15-10-6-7-11-16(15)22-17)19(21)14-8-4-3-5-9-14/h3-11H,12-13H2,1-2H3. The van der Waals surface area contributed by atoms with Crippen molar-refractivity contribution in [3.63, 3.8) is 0 Å². The van der Waals surface area contributed by atoms with E-state index in [0.29, 0.717) is 0 Å². The van der Waals surface area contributed by atoms with Gasteiger partial charge in [-0.2, -0.15) is 0 Å². The number of carbonyl (C=O) groups is 1.